The van der Waals surface area contributed by atoms with Gasteiger partial charge >= 0.3 is 6.03 Å². The molecule has 0 spiro atoms. The number of halogens is 2. The van der Waals surface area contributed by atoms with E-state index in [0.29, 0.717) is 24.1 Å². The third-order valence-electron chi connectivity index (χ3n) is 4.40. The molecule has 0 aliphatic rings. The highest BCUT2D eigenvalue weighted by atomic mass is 19.1. The number of hydrogen-bond acceptors (Lipinski definition) is 3. The van der Waals surface area contributed by atoms with Crippen LogP contribution >= 0.6 is 0 Å². The van der Waals surface area contributed by atoms with Gasteiger partial charge in [-0.3, -0.25) is 0 Å². The van der Waals surface area contributed by atoms with Crippen molar-refractivity contribution in [2.45, 2.75) is 19.6 Å². The molecule has 0 saturated heterocycles. The number of hydrogen-bond donors (Lipinski definition) is 3. The third kappa shape index (κ3) is 5.78. The summed E-state index contributed by atoms with van der Waals surface area (Å²) in [4.78, 5) is 12.3. The second kappa shape index (κ2) is 9.84. The Balaban J connectivity index is 1.60. The molecule has 0 saturated carbocycles. The predicted molar refractivity (Wildman–Crippen MR) is 110 cm³/mol. The molecule has 156 valence electrons. The first-order valence-corrected chi connectivity index (χ1v) is 9.37. The average Bonchev–Trinajstić information content (AvgIpc) is 2.73. The summed E-state index contributed by atoms with van der Waals surface area (Å²) in [7, 11) is 0. The van der Waals surface area contributed by atoms with E-state index in [1.165, 1.54) is 0 Å². The fourth-order valence-electron chi connectivity index (χ4n) is 2.83. The molecular weight excluding hydrogens is 390 g/mol. The number of rotatable bonds is 7. The lowest BCUT2D eigenvalue weighted by atomic mass is 10.1. The number of benzene rings is 3. The number of carbonyl (C=O) groups is 1. The lowest BCUT2D eigenvalue weighted by Gasteiger charge is -2.16. The highest BCUT2D eigenvalue weighted by molar-refractivity contribution is 5.91. The number of ether oxygens (including phenoxy) is 1. The van der Waals surface area contributed by atoms with E-state index in [0.717, 1.165) is 23.3 Å². The molecule has 3 N–H and O–H groups in total. The molecule has 1 atom stereocenters. The van der Waals surface area contributed by atoms with E-state index in [1.54, 1.807) is 12.1 Å². The minimum atomic E-state index is -1.32. The van der Waals surface area contributed by atoms with Gasteiger partial charge in [-0.15, -0.1) is 0 Å². The number of carbonyl (C=O) groups excluding carboxylic acids is 1. The Kier molecular flexibility index (Phi) is 6.98. The maximum Gasteiger partial charge on any atom is 0.319 e. The summed E-state index contributed by atoms with van der Waals surface area (Å²) in [6.45, 7) is 2.00. The molecule has 0 aliphatic carbocycles. The summed E-state index contributed by atoms with van der Waals surface area (Å²) in [6.07, 6.45) is -1.32. The van der Waals surface area contributed by atoms with Gasteiger partial charge in [0.15, 0.2) is 0 Å². The van der Waals surface area contributed by atoms with E-state index >= 15 is 0 Å². The smallest absolute Gasteiger partial charge is 0.319 e. The van der Waals surface area contributed by atoms with Crippen molar-refractivity contribution in [2.75, 3.05) is 11.9 Å². The Bertz CT molecular complexity index is 1010. The summed E-state index contributed by atoms with van der Waals surface area (Å²) in [5, 5.41) is 15.2. The van der Waals surface area contributed by atoms with Crippen LogP contribution in [0.25, 0.3) is 0 Å². The van der Waals surface area contributed by atoms with Gasteiger partial charge < -0.3 is 20.5 Å². The zero-order valence-electron chi connectivity index (χ0n) is 16.4. The molecule has 30 heavy (non-hydrogen) atoms. The zero-order chi connectivity index (χ0) is 21.5. The number of aryl methyl sites for hydroxylation is 1. The van der Waals surface area contributed by atoms with Crippen molar-refractivity contribution in [2.24, 2.45) is 0 Å². The van der Waals surface area contributed by atoms with Gasteiger partial charge in [0, 0.05) is 18.2 Å². The number of anilines is 1. The van der Waals surface area contributed by atoms with Gasteiger partial charge in [0.2, 0.25) is 0 Å². The lowest BCUT2D eigenvalue weighted by molar-refractivity contribution is 0.170. The summed E-state index contributed by atoms with van der Waals surface area (Å²) >= 11 is 0. The molecule has 3 aromatic carbocycles. The van der Waals surface area contributed by atoms with E-state index in [9.17, 15) is 18.7 Å². The normalized spacial score (nSPS) is 11.6. The van der Waals surface area contributed by atoms with Crippen molar-refractivity contribution in [1.29, 1.82) is 0 Å². The number of aliphatic hydroxyl groups is 1. The minimum Gasteiger partial charge on any atom is -0.487 e. The monoisotopic (exact) mass is 412 g/mol. The van der Waals surface area contributed by atoms with Crippen LogP contribution in [0.1, 0.15) is 22.8 Å². The van der Waals surface area contributed by atoms with Crippen LogP contribution in [0.5, 0.6) is 5.75 Å². The maximum absolute atomic E-state index is 13.7. The first-order chi connectivity index (χ1) is 14.4. The molecule has 0 fully saturated rings. The van der Waals surface area contributed by atoms with Crippen molar-refractivity contribution >= 4 is 11.7 Å². The van der Waals surface area contributed by atoms with Gasteiger partial charge in [0.25, 0.3) is 0 Å². The third-order valence-corrected chi connectivity index (χ3v) is 4.40. The largest absolute Gasteiger partial charge is 0.487 e. The lowest BCUT2D eigenvalue weighted by Crippen LogP contribution is -2.32. The fourth-order valence-corrected chi connectivity index (χ4v) is 2.83. The van der Waals surface area contributed by atoms with Crippen LogP contribution in [-0.2, 0) is 6.61 Å². The number of aliphatic hydroxyl groups excluding tert-OH is 1. The molecule has 5 nitrogen and oxygen atoms in total. The molecule has 0 bridgehead atoms. The first-order valence-electron chi connectivity index (χ1n) is 9.37. The van der Waals surface area contributed by atoms with E-state index in [4.69, 9.17) is 4.74 Å². The van der Waals surface area contributed by atoms with Crippen molar-refractivity contribution < 1.29 is 23.4 Å². The fraction of sp³-hybridized carbons (Fsp3) is 0.174. The van der Waals surface area contributed by atoms with Crippen LogP contribution in [0.2, 0.25) is 0 Å². The van der Waals surface area contributed by atoms with Gasteiger partial charge in [0.1, 0.15) is 24.0 Å². The van der Waals surface area contributed by atoms with Crippen LogP contribution in [-0.4, -0.2) is 17.7 Å². The van der Waals surface area contributed by atoms with Gasteiger partial charge in [0.05, 0.1) is 11.8 Å². The topological polar surface area (TPSA) is 70.6 Å². The van der Waals surface area contributed by atoms with Crippen molar-refractivity contribution in [3.05, 3.63) is 95.1 Å². The van der Waals surface area contributed by atoms with Crippen molar-refractivity contribution in [3.8, 4) is 5.75 Å². The Labute approximate surface area is 173 Å². The van der Waals surface area contributed by atoms with Gasteiger partial charge in [-0.05, 0) is 36.2 Å². The molecular formula is C23H22F2N2O3. The zero-order valence-corrected chi connectivity index (χ0v) is 16.4. The van der Waals surface area contributed by atoms with E-state index in [2.05, 4.69) is 10.6 Å². The predicted octanol–water partition coefficient (Wildman–Crippen LogP) is 4.71. The van der Waals surface area contributed by atoms with Crippen LogP contribution in [0, 0.1) is 18.6 Å². The van der Waals surface area contributed by atoms with Crippen molar-refractivity contribution in [3.63, 3.8) is 0 Å². The van der Waals surface area contributed by atoms with Crippen LogP contribution in [0.3, 0.4) is 0 Å². The van der Waals surface area contributed by atoms with E-state index in [-0.39, 0.29) is 12.1 Å². The number of amides is 2. The molecule has 2 amide bonds. The summed E-state index contributed by atoms with van der Waals surface area (Å²) in [5.74, 6) is -1.12. The van der Waals surface area contributed by atoms with Crippen LogP contribution in [0.4, 0.5) is 19.3 Å². The van der Waals surface area contributed by atoms with Gasteiger partial charge in [-0.2, -0.15) is 0 Å². The second-order valence-electron chi connectivity index (χ2n) is 6.79. The Morgan fingerprint density at radius 1 is 1.07 bits per heavy atom. The quantitative estimate of drug-likeness (QED) is 0.527. The van der Waals surface area contributed by atoms with Crippen LogP contribution < -0.4 is 15.4 Å². The highest BCUT2D eigenvalue weighted by Crippen LogP contribution is 2.27. The molecule has 0 aliphatic heterocycles. The van der Waals surface area contributed by atoms with Gasteiger partial charge in [-0.25, -0.2) is 13.6 Å². The van der Waals surface area contributed by atoms with Crippen LogP contribution in [0.15, 0.2) is 66.7 Å². The highest BCUT2D eigenvalue weighted by Gasteiger charge is 2.15. The second-order valence-corrected chi connectivity index (χ2v) is 6.79. The molecule has 0 radical (unpaired) electrons. The number of urea groups is 1. The Hall–Kier alpha value is -3.45. The summed E-state index contributed by atoms with van der Waals surface area (Å²) in [6, 6.07) is 17.2. The van der Waals surface area contributed by atoms with Crippen molar-refractivity contribution in [1.82, 2.24) is 5.32 Å². The van der Waals surface area contributed by atoms with E-state index < -0.39 is 23.8 Å². The summed E-state index contributed by atoms with van der Waals surface area (Å²) in [5.41, 5.74) is 2.31. The molecule has 3 rings (SSSR count). The average molecular weight is 412 g/mol. The first kappa shape index (κ1) is 21.3. The maximum atomic E-state index is 13.7. The molecule has 3 aromatic rings. The standard InChI is InChI=1S/C23H22F2N2O3/c1-15-7-10-20(22(11-15)30-14-16-5-3-2-4-6-16)27-23(29)26-13-21(28)18-9-8-17(24)12-19(18)25/h2-12,21,28H,13-14H2,1H3,(H2,26,27,29). The van der Waals surface area contributed by atoms with E-state index in [1.807, 2.05) is 43.3 Å². The summed E-state index contributed by atoms with van der Waals surface area (Å²) < 4.78 is 32.6. The Morgan fingerprint density at radius 2 is 1.83 bits per heavy atom. The Morgan fingerprint density at radius 3 is 2.57 bits per heavy atom. The molecule has 7 heteroatoms. The number of nitrogens with one attached hydrogen (secondary N) is 2. The molecule has 1 unspecified atom stereocenters. The van der Waals surface area contributed by atoms with Gasteiger partial charge in [-0.1, -0.05) is 42.5 Å². The molecule has 0 heterocycles. The molecule has 0 aromatic heterocycles. The minimum absolute atomic E-state index is 0.0982. The SMILES string of the molecule is Cc1ccc(NC(=O)NCC(O)c2ccc(F)cc2F)c(OCc2ccccc2)c1.